The molecule has 7 heteroatoms. The van der Waals surface area contributed by atoms with Crippen LogP contribution in [0.2, 0.25) is 0 Å². The van der Waals surface area contributed by atoms with Gasteiger partial charge in [0, 0.05) is 25.1 Å². The van der Waals surface area contributed by atoms with Gasteiger partial charge in [0.2, 0.25) is 5.91 Å². The molecule has 1 aromatic carbocycles. The van der Waals surface area contributed by atoms with Crippen LogP contribution in [0.4, 0.5) is 13.2 Å². The van der Waals surface area contributed by atoms with Gasteiger partial charge < -0.3 is 11.1 Å². The van der Waals surface area contributed by atoms with Crippen LogP contribution in [0, 0.1) is 17.2 Å². The van der Waals surface area contributed by atoms with Crippen molar-refractivity contribution in [2.24, 2.45) is 17.1 Å². The smallest absolute Gasteiger partial charge is 0.264 e. The molecule has 1 amide bonds. The van der Waals surface area contributed by atoms with Crippen LogP contribution in [-0.4, -0.2) is 11.8 Å². The molecular weight excluding hydrogens is 329 g/mol. The van der Waals surface area contributed by atoms with Crippen molar-refractivity contribution in [3.63, 3.8) is 0 Å². The molecule has 3 nitrogen and oxygen atoms in total. The molecule has 0 unspecified atom stereocenters. The summed E-state index contributed by atoms with van der Waals surface area (Å²) < 4.78 is 41.3. The molecule has 0 aliphatic heterocycles. The molecule has 23 heavy (non-hydrogen) atoms. The minimum atomic E-state index is -2.93. The van der Waals surface area contributed by atoms with Crippen LogP contribution in [0.5, 0.6) is 0 Å². The number of nitrogens with one attached hydrogen (secondary N) is 1. The number of benzene rings is 1. The lowest BCUT2D eigenvalue weighted by atomic mass is 9.72. The number of alkyl halides is 2. The van der Waals surface area contributed by atoms with Gasteiger partial charge in [-0.25, -0.2) is 13.2 Å². The fourth-order valence-electron chi connectivity index (χ4n) is 3.28. The summed E-state index contributed by atoms with van der Waals surface area (Å²) in [6.45, 7) is 0.140. The maximum Gasteiger partial charge on any atom is 0.264 e. The average Bonchev–Trinajstić information content (AvgIpc) is 2.98. The van der Waals surface area contributed by atoms with Crippen molar-refractivity contribution in [3.8, 4) is 0 Å². The second-order valence-corrected chi connectivity index (χ2v) is 6.29. The molecule has 0 radical (unpaired) electrons. The lowest BCUT2D eigenvalue weighted by Crippen LogP contribution is -2.42. The molecule has 2 saturated carbocycles. The van der Waals surface area contributed by atoms with E-state index in [2.05, 4.69) is 5.32 Å². The van der Waals surface area contributed by atoms with Crippen LogP contribution < -0.4 is 11.1 Å². The van der Waals surface area contributed by atoms with Crippen molar-refractivity contribution in [2.45, 2.75) is 44.7 Å². The highest BCUT2D eigenvalue weighted by molar-refractivity contribution is 5.88. The number of hydrogen-bond acceptors (Lipinski definition) is 2. The van der Waals surface area contributed by atoms with E-state index in [0.717, 1.165) is 6.42 Å². The third kappa shape index (κ3) is 2.94. The third-order valence-electron chi connectivity index (χ3n) is 5.03. The zero-order chi connectivity index (χ0) is 16.0. The quantitative estimate of drug-likeness (QED) is 0.859. The minimum absolute atomic E-state index is 0. The van der Waals surface area contributed by atoms with Gasteiger partial charge in [-0.1, -0.05) is 18.6 Å². The molecule has 1 atom stereocenters. The van der Waals surface area contributed by atoms with Gasteiger partial charge in [0.05, 0.1) is 0 Å². The third-order valence-corrected chi connectivity index (χ3v) is 5.03. The van der Waals surface area contributed by atoms with Crippen molar-refractivity contribution < 1.29 is 18.0 Å². The van der Waals surface area contributed by atoms with E-state index in [-0.39, 0.29) is 43.4 Å². The Hall–Kier alpha value is -1.27. The average molecular weight is 349 g/mol. The number of halogens is 4. The fraction of sp³-hybridized carbons (Fsp3) is 0.562. The zero-order valence-corrected chi connectivity index (χ0v) is 13.4. The topological polar surface area (TPSA) is 55.1 Å². The number of amides is 1. The number of nitrogens with two attached hydrogens (primary N) is 1. The van der Waals surface area contributed by atoms with Gasteiger partial charge in [-0.2, -0.15) is 0 Å². The number of carbonyl (C=O) groups is 1. The summed E-state index contributed by atoms with van der Waals surface area (Å²) in [6, 6.07) is 4.49. The van der Waals surface area contributed by atoms with Crippen molar-refractivity contribution >= 4 is 18.3 Å². The molecule has 0 saturated heterocycles. The Morgan fingerprint density at radius 1 is 1.35 bits per heavy atom. The molecule has 3 N–H and O–H groups in total. The predicted molar refractivity (Wildman–Crippen MR) is 82.7 cm³/mol. The molecule has 2 aliphatic rings. The molecule has 0 bridgehead atoms. The first-order valence-electron chi connectivity index (χ1n) is 7.54. The zero-order valence-electron chi connectivity index (χ0n) is 12.6. The summed E-state index contributed by atoms with van der Waals surface area (Å²) >= 11 is 0. The summed E-state index contributed by atoms with van der Waals surface area (Å²) in [5.74, 6) is -4.30. The van der Waals surface area contributed by atoms with Crippen molar-refractivity contribution in [3.05, 3.63) is 35.1 Å². The SMILES string of the molecule is Cl.NCc1ccc(CNC(=O)[C@]2(C3CCC3)CC2(F)F)c(F)c1. The Kier molecular flexibility index (Phi) is 4.97. The number of carbonyl (C=O) groups excluding carboxylic acids is 1. The van der Waals surface area contributed by atoms with E-state index in [1.165, 1.54) is 12.1 Å². The lowest BCUT2D eigenvalue weighted by Gasteiger charge is -2.33. The molecule has 2 fully saturated rings. The van der Waals surface area contributed by atoms with Crippen LogP contribution in [0.1, 0.15) is 36.8 Å². The maximum absolute atomic E-state index is 13.8. The first kappa shape index (κ1) is 18.1. The van der Waals surface area contributed by atoms with Gasteiger partial charge in [-0.15, -0.1) is 12.4 Å². The summed E-state index contributed by atoms with van der Waals surface area (Å²) in [6.07, 6.45) is 1.85. The van der Waals surface area contributed by atoms with Crippen LogP contribution in [-0.2, 0) is 17.9 Å². The molecule has 0 aromatic heterocycles. The summed E-state index contributed by atoms with van der Waals surface area (Å²) in [5.41, 5.74) is 4.79. The van der Waals surface area contributed by atoms with E-state index >= 15 is 0 Å². The molecule has 1 aromatic rings. The van der Waals surface area contributed by atoms with Crippen LogP contribution in [0.15, 0.2) is 18.2 Å². The highest BCUT2D eigenvalue weighted by Gasteiger charge is 2.78. The van der Waals surface area contributed by atoms with E-state index in [1.54, 1.807) is 6.07 Å². The summed E-state index contributed by atoms with van der Waals surface area (Å²) in [4.78, 5) is 12.3. The summed E-state index contributed by atoms with van der Waals surface area (Å²) in [7, 11) is 0. The van der Waals surface area contributed by atoms with Gasteiger partial charge >= 0.3 is 0 Å². The molecule has 0 heterocycles. The standard InChI is InChI=1S/C16H19F3N2O.ClH/c17-13-6-10(7-20)4-5-11(13)8-21-14(22)15(9-16(15,18)19)12-2-1-3-12;/h4-6,12H,1-3,7-9,20H2,(H,21,22);1H/t15-;/m1./s1. The molecule has 2 aliphatic carbocycles. The Balaban J connectivity index is 0.00000192. The molecule has 0 spiro atoms. The monoisotopic (exact) mass is 348 g/mol. The van der Waals surface area contributed by atoms with E-state index < -0.39 is 23.1 Å². The first-order valence-corrected chi connectivity index (χ1v) is 7.54. The Morgan fingerprint density at radius 2 is 2.00 bits per heavy atom. The minimum Gasteiger partial charge on any atom is -0.351 e. The van der Waals surface area contributed by atoms with Crippen LogP contribution in [0.3, 0.4) is 0 Å². The second-order valence-electron chi connectivity index (χ2n) is 6.29. The second kappa shape index (κ2) is 6.32. The number of hydrogen-bond donors (Lipinski definition) is 2. The Labute approximate surface area is 139 Å². The largest absolute Gasteiger partial charge is 0.351 e. The van der Waals surface area contributed by atoms with Gasteiger partial charge in [0.15, 0.2) is 0 Å². The van der Waals surface area contributed by atoms with Crippen molar-refractivity contribution in [1.29, 1.82) is 0 Å². The fourth-order valence-corrected chi connectivity index (χ4v) is 3.28. The maximum atomic E-state index is 13.8. The molecular formula is C16H20ClF3N2O. The lowest BCUT2D eigenvalue weighted by molar-refractivity contribution is -0.135. The van der Waals surface area contributed by atoms with Gasteiger partial charge in [0.1, 0.15) is 11.2 Å². The van der Waals surface area contributed by atoms with E-state index in [9.17, 15) is 18.0 Å². The van der Waals surface area contributed by atoms with Crippen LogP contribution >= 0.6 is 12.4 Å². The van der Waals surface area contributed by atoms with E-state index in [4.69, 9.17) is 5.73 Å². The van der Waals surface area contributed by atoms with Crippen molar-refractivity contribution in [2.75, 3.05) is 0 Å². The van der Waals surface area contributed by atoms with E-state index in [0.29, 0.717) is 18.4 Å². The predicted octanol–water partition coefficient (Wildman–Crippen LogP) is 3.15. The van der Waals surface area contributed by atoms with Crippen LogP contribution in [0.25, 0.3) is 0 Å². The summed E-state index contributed by atoms with van der Waals surface area (Å²) in [5, 5.41) is 2.49. The first-order chi connectivity index (χ1) is 10.4. The molecule has 3 rings (SSSR count). The Bertz CT molecular complexity index is 607. The molecule has 128 valence electrons. The number of rotatable bonds is 5. The van der Waals surface area contributed by atoms with Gasteiger partial charge in [-0.3, -0.25) is 4.79 Å². The van der Waals surface area contributed by atoms with Crippen molar-refractivity contribution in [1.82, 2.24) is 5.32 Å². The Morgan fingerprint density at radius 3 is 2.43 bits per heavy atom. The van der Waals surface area contributed by atoms with E-state index in [1.807, 2.05) is 0 Å². The normalized spacial score (nSPS) is 25.2. The highest BCUT2D eigenvalue weighted by atomic mass is 35.5. The van der Waals surface area contributed by atoms with Gasteiger partial charge in [0.25, 0.3) is 5.92 Å². The highest BCUT2D eigenvalue weighted by Crippen LogP contribution is 2.68. The van der Waals surface area contributed by atoms with Gasteiger partial charge in [-0.05, 0) is 30.4 Å².